The van der Waals surface area contributed by atoms with Crippen LogP contribution in [0.25, 0.3) is 0 Å². The first-order chi connectivity index (χ1) is 16.0. The van der Waals surface area contributed by atoms with Crippen LogP contribution in [0.4, 0.5) is 0 Å². The first kappa shape index (κ1) is 29.0. The highest BCUT2D eigenvalue weighted by Gasteiger charge is 2.46. The van der Waals surface area contributed by atoms with Crippen molar-refractivity contribution in [2.75, 3.05) is 13.7 Å². The van der Waals surface area contributed by atoms with Gasteiger partial charge >= 0.3 is 11.9 Å². The molecule has 34 heavy (non-hydrogen) atoms. The van der Waals surface area contributed by atoms with Crippen molar-refractivity contribution in [1.29, 1.82) is 0 Å². The molecule has 0 radical (unpaired) electrons. The van der Waals surface area contributed by atoms with Crippen LogP contribution < -0.4 is 0 Å². The van der Waals surface area contributed by atoms with Gasteiger partial charge in [-0.25, -0.2) is 0 Å². The van der Waals surface area contributed by atoms with E-state index < -0.39 is 54.5 Å². The molecule has 2 rings (SSSR count). The smallest absolute Gasteiger partial charge is 0.312 e. The van der Waals surface area contributed by atoms with Gasteiger partial charge in [0.15, 0.2) is 6.29 Å². The highest BCUT2D eigenvalue weighted by atomic mass is 16.7. The van der Waals surface area contributed by atoms with Crippen molar-refractivity contribution in [3.8, 4) is 0 Å². The lowest BCUT2D eigenvalue weighted by molar-refractivity contribution is -0.195. The van der Waals surface area contributed by atoms with Gasteiger partial charge in [-0.3, -0.25) is 9.59 Å². The number of hydrogen-bond donors (Lipinski definition) is 2. The summed E-state index contributed by atoms with van der Waals surface area (Å²) in [5, 5.41) is 22.3. The Kier molecular flexibility index (Phi) is 11.7. The summed E-state index contributed by atoms with van der Waals surface area (Å²) in [6.07, 6.45) is -0.597. The Labute approximate surface area is 203 Å². The van der Waals surface area contributed by atoms with Gasteiger partial charge in [0.25, 0.3) is 0 Å². The molecule has 2 aliphatic rings. The highest BCUT2D eigenvalue weighted by molar-refractivity contribution is 5.74. The van der Waals surface area contributed by atoms with Crippen LogP contribution in [0.5, 0.6) is 0 Å². The van der Waals surface area contributed by atoms with Crippen molar-refractivity contribution >= 4 is 11.9 Å². The molecule has 2 fully saturated rings. The van der Waals surface area contributed by atoms with E-state index in [0.29, 0.717) is 25.9 Å². The first-order valence-corrected chi connectivity index (χ1v) is 12.6. The number of methoxy groups -OCH3 is 1. The van der Waals surface area contributed by atoms with E-state index >= 15 is 0 Å². The Morgan fingerprint density at radius 3 is 2.26 bits per heavy atom. The topological polar surface area (TPSA) is 121 Å². The molecule has 0 saturated carbocycles. The van der Waals surface area contributed by atoms with Crippen molar-refractivity contribution in [1.82, 2.24) is 0 Å². The van der Waals surface area contributed by atoms with E-state index in [1.165, 1.54) is 14.0 Å². The molecule has 2 aliphatic heterocycles. The molecule has 0 aromatic rings. The van der Waals surface area contributed by atoms with Crippen LogP contribution in [0.2, 0.25) is 0 Å². The number of cyclic esters (lactones) is 1. The van der Waals surface area contributed by atoms with Crippen molar-refractivity contribution < 1.29 is 43.5 Å². The molecule has 2 saturated heterocycles. The zero-order chi connectivity index (χ0) is 25.4. The van der Waals surface area contributed by atoms with E-state index in [1.54, 1.807) is 6.92 Å². The van der Waals surface area contributed by atoms with E-state index in [9.17, 15) is 19.8 Å². The van der Waals surface area contributed by atoms with E-state index in [1.807, 2.05) is 20.8 Å². The number of esters is 2. The fourth-order valence-corrected chi connectivity index (χ4v) is 4.86. The van der Waals surface area contributed by atoms with Gasteiger partial charge in [0.05, 0.1) is 36.9 Å². The minimum atomic E-state index is -1.19. The molecule has 0 aromatic heterocycles. The molecule has 198 valence electrons. The van der Waals surface area contributed by atoms with Crippen LogP contribution in [0, 0.1) is 17.8 Å². The zero-order valence-corrected chi connectivity index (χ0v) is 21.5. The molecule has 0 amide bonds. The second-order valence-corrected chi connectivity index (χ2v) is 10.0. The van der Waals surface area contributed by atoms with Gasteiger partial charge in [-0.05, 0) is 52.4 Å². The number of aliphatic hydroxyl groups excluding tert-OH is 2. The fourth-order valence-electron chi connectivity index (χ4n) is 4.86. The number of carbonyl (C=O) groups excluding carboxylic acids is 2. The number of aliphatic hydroxyl groups is 2. The lowest BCUT2D eigenvalue weighted by Gasteiger charge is -2.38. The fraction of sp³-hybridized carbons (Fsp3) is 0.920. The van der Waals surface area contributed by atoms with Gasteiger partial charge in [-0.2, -0.15) is 0 Å². The highest BCUT2D eigenvalue weighted by Crippen LogP contribution is 2.34. The summed E-state index contributed by atoms with van der Waals surface area (Å²) in [5.74, 6) is -2.69. The average molecular weight is 489 g/mol. The first-order valence-electron chi connectivity index (χ1n) is 12.6. The SMILES string of the molecule is COC1C(O)C(C2OCC(C)O2)CC(C)C(O)CCCCCC(C)OC(=O)C(C)C1OC(C)=O. The molecule has 2 N–H and O–H groups in total. The molecular formula is C25H44O9. The third-order valence-electron chi connectivity index (χ3n) is 6.98. The standard InChI is InChI=1S/C25H44O9/c1-14-12-19(25-31-13-16(3)33-25)21(28)23(30-6)22(34-18(5)26)17(4)24(29)32-15(2)10-8-7-9-11-20(14)27/h14-17,19-23,25,27-28H,7-13H2,1-6H3. The van der Waals surface area contributed by atoms with Crippen LogP contribution in [-0.2, 0) is 33.3 Å². The predicted molar refractivity (Wildman–Crippen MR) is 124 cm³/mol. The molecule has 0 aliphatic carbocycles. The second-order valence-electron chi connectivity index (χ2n) is 10.0. The maximum absolute atomic E-state index is 12.9. The third kappa shape index (κ3) is 8.16. The summed E-state index contributed by atoms with van der Waals surface area (Å²) in [6.45, 7) is 8.90. The Morgan fingerprint density at radius 1 is 1.00 bits per heavy atom. The summed E-state index contributed by atoms with van der Waals surface area (Å²) in [6, 6.07) is 0. The van der Waals surface area contributed by atoms with Gasteiger partial charge < -0.3 is 33.9 Å². The van der Waals surface area contributed by atoms with E-state index in [4.69, 9.17) is 23.7 Å². The number of hydrogen-bond acceptors (Lipinski definition) is 9. The molecular weight excluding hydrogens is 444 g/mol. The number of carbonyl (C=O) groups is 2. The molecule has 0 spiro atoms. The largest absolute Gasteiger partial charge is 0.462 e. The van der Waals surface area contributed by atoms with Crippen molar-refractivity contribution in [2.24, 2.45) is 17.8 Å². The number of rotatable bonds is 3. The Balaban J connectivity index is 2.40. The lowest BCUT2D eigenvalue weighted by Crippen LogP contribution is -2.52. The molecule has 0 aromatic carbocycles. The lowest BCUT2D eigenvalue weighted by atomic mass is 9.81. The molecule has 2 heterocycles. The molecule has 10 atom stereocenters. The van der Waals surface area contributed by atoms with E-state index in [-0.39, 0.29) is 18.1 Å². The van der Waals surface area contributed by atoms with Gasteiger partial charge in [0, 0.05) is 20.0 Å². The Bertz CT molecular complexity index is 642. The minimum Gasteiger partial charge on any atom is -0.462 e. The van der Waals surface area contributed by atoms with Crippen LogP contribution >= 0.6 is 0 Å². The summed E-state index contributed by atoms with van der Waals surface area (Å²) in [7, 11) is 1.40. The molecule has 9 nitrogen and oxygen atoms in total. The molecule has 9 heteroatoms. The number of ether oxygens (including phenoxy) is 5. The quantitative estimate of drug-likeness (QED) is 0.577. The minimum absolute atomic E-state index is 0.137. The molecule has 10 unspecified atom stereocenters. The maximum Gasteiger partial charge on any atom is 0.312 e. The average Bonchev–Trinajstić information content (AvgIpc) is 3.20. The molecule has 0 bridgehead atoms. The van der Waals surface area contributed by atoms with Crippen LogP contribution in [-0.4, -0.2) is 78.8 Å². The summed E-state index contributed by atoms with van der Waals surface area (Å²) < 4.78 is 28.5. The second kappa shape index (κ2) is 13.7. The van der Waals surface area contributed by atoms with E-state index in [2.05, 4.69) is 0 Å². The summed E-state index contributed by atoms with van der Waals surface area (Å²) in [5.41, 5.74) is 0. The normalized spacial score (nSPS) is 41.6. The van der Waals surface area contributed by atoms with Gasteiger partial charge in [-0.1, -0.05) is 19.8 Å². The third-order valence-corrected chi connectivity index (χ3v) is 6.98. The summed E-state index contributed by atoms with van der Waals surface area (Å²) in [4.78, 5) is 24.9. The monoisotopic (exact) mass is 488 g/mol. The van der Waals surface area contributed by atoms with Gasteiger partial charge in [0.1, 0.15) is 12.2 Å². The summed E-state index contributed by atoms with van der Waals surface area (Å²) >= 11 is 0. The van der Waals surface area contributed by atoms with Crippen molar-refractivity contribution in [3.63, 3.8) is 0 Å². The predicted octanol–water partition coefficient (Wildman–Crippen LogP) is 2.59. The Morgan fingerprint density at radius 2 is 1.68 bits per heavy atom. The Hall–Kier alpha value is -1.26. The van der Waals surface area contributed by atoms with Gasteiger partial charge in [-0.15, -0.1) is 0 Å². The van der Waals surface area contributed by atoms with Crippen LogP contribution in [0.15, 0.2) is 0 Å². The van der Waals surface area contributed by atoms with Crippen LogP contribution in [0.1, 0.15) is 73.1 Å². The van der Waals surface area contributed by atoms with E-state index in [0.717, 1.165) is 19.3 Å². The maximum atomic E-state index is 12.9. The van der Waals surface area contributed by atoms with Gasteiger partial charge in [0.2, 0.25) is 0 Å². The zero-order valence-electron chi connectivity index (χ0n) is 21.5. The van der Waals surface area contributed by atoms with Crippen molar-refractivity contribution in [3.05, 3.63) is 0 Å². The van der Waals surface area contributed by atoms with Crippen molar-refractivity contribution in [2.45, 2.75) is 116 Å². The van der Waals surface area contributed by atoms with Crippen LogP contribution in [0.3, 0.4) is 0 Å².